The summed E-state index contributed by atoms with van der Waals surface area (Å²) in [6.07, 6.45) is 4.21. The summed E-state index contributed by atoms with van der Waals surface area (Å²) in [7, 11) is 0. The van der Waals surface area contributed by atoms with Crippen LogP contribution in [-0.2, 0) is 17.8 Å². The molecule has 25 heavy (non-hydrogen) atoms. The highest BCUT2D eigenvalue weighted by molar-refractivity contribution is 6.60. The minimum absolute atomic E-state index is 0.119. The monoisotopic (exact) mass is 340 g/mol. The van der Waals surface area contributed by atoms with Crippen molar-refractivity contribution in [3.05, 3.63) is 61.0 Å². The Hall–Kier alpha value is -2.57. The number of hydrogen-bond donors (Lipinski definition) is 2. The van der Waals surface area contributed by atoms with Crippen molar-refractivity contribution in [3.8, 4) is 0 Å². The molecule has 2 N–H and O–H groups in total. The molecule has 1 atom stereocenters. The maximum Gasteiger partial charge on any atom is 0.271 e. The summed E-state index contributed by atoms with van der Waals surface area (Å²) < 4.78 is 0. The molecule has 6 nitrogen and oxygen atoms in total. The van der Waals surface area contributed by atoms with Gasteiger partial charge in [0, 0.05) is 38.6 Å². The molecule has 0 saturated carbocycles. The van der Waals surface area contributed by atoms with Crippen LogP contribution in [0.5, 0.6) is 0 Å². The molecule has 1 heterocycles. The molecule has 1 aliphatic heterocycles. The maximum absolute atomic E-state index is 12.1. The minimum Gasteiger partial charge on any atom is -0.390 e. The summed E-state index contributed by atoms with van der Waals surface area (Å²) in [4.78, 5) is 21.9. The van der Waals surface area contributed by atoms with Crippen LogP contribution in [0.15, 0.2) is 59.8 Å². The van der Waals surface area contributed by atoms with Crippen molar-refractivity contribution in [2.24, 2.45) is 9.98 Å². The van der Waals surface area contributed by atoms with Gasteiger partial charge in [0.2, 0.25) is 0 Å². The smallest absolute Gasteiger partial charge is 0.271 e. The first-order chi connectivity index (χ1) is 12.1. The second kappa shape index (κ2) is 9.66. The molecular formula is C19H24N4O2. The van der Waals surface area contributed by atoms with Crippen LogP contribution in [0.3, 0.4) is 0 Å². The molecule has 6 heteroatoms. The predicted molar refractivity (Wildman–Crippen MR) is 101 cm³/mol. The van der Waals surface area contributed by atoms with E-state index in [1.807, 2.05) is 6.07 Å². The van der Waals surface area contributed by atoms with Gasteiger partial charge in [0.05, 0.1) is 12.3 Å². The lowest BCUT2D eigenvalue weighted by Crippen LogP contribution is -2.43. The van der Waals surface area contributed by atoms with Gasteiger partial charge >= 0.3 is 0 Å². The fourth-order valence-corrected chi connectivity index (χ4v) is 2.75. The summed E-state index contributed by atoms with van der Waals surface area (Å²) in [6.45, 7) is 9.29. The first-order valence-corrected chi connectivity index (χ1v) is 8.22. The number of rotatable bonds is 8. The highest BCUT2D eigenvalue weighted by Gasteiger charge is 2.19. The Bertz CT molecular complexity index is 682. The molecule has 1 aromatic rings. The van der Waals surface area contributed by atoms with Gasteiger partial charge in [-0.05, 0) is 17.5 Å². The van der Waals surface area contributed by atoms with Crippen LogP contribution >= 0.6 is 0 Å². The van der Waals surface area contributed by atoms with E-state index in [1.165, 1.54) is 29.7 Å². The zero-order valence-corrected chi connectivity index (χ0v) is 14.3. The number of aliphatic hydroxyl groups excluding tert-OH is 1. The second-order valence-corrected chi connectivity index (χ2v) is 5.78. The number of carbonyl (C=O) groups is 1. The van der Waals surface area contributed by atoms with Gasteiger partial charge in [-0.3, -0.25) is 19.7 Å². The lowest BCUT2D eigenvalue weighted by atomic mass is 10.00. The molecule has 0 aromatic heterocycles. The van der Waals surface area contributed by atoms with E-state index in [1.54, 1.807) is 0 Å². The van der Waals surface area contributed by atoms with Crippen molar-refractivity contribution in [2.75, 3.05) is 19.6 Å². The van der Waals surface area contributed by atoms with Crippen LogP contribution in [0.1, 0.15) is 11.1 Å². The first-order valence-electron chi connectivity index (χ1n) is 8.22. The lowest BCUT2D eigenvalue weighted by Gasteiger charge is -2.30. The third-order valence-corrected chi connectivity index (χ3v) is 3.94. The lowest BCUT2D eigenvalue weighted by molar-refractivity contribution is -0.115. The number of fused-ring (bicyclic) bond motifs is 1. The molecule has 132 valence electrons. The number of β-amino-alcohol motifs (C(OH)–C–C–N with tert-alkyl or cyclic N) is 1. The van der Waals surface area contributed by atoms with Crippen LogP contribution in [-0.4, -0.2) is 53.6 Å². The summed E-state index contributed by atoms with van der Waals surface area (Å²) >= 11 is 0. The molecule has 1 aromatic carbocycles. The fourth-order valence-electron chi connectivity index (χ4n) is 2.75. The Morgan fingerprint density at radius 2 is 2.08 bits per heavy atom. The van der Waals surface area contributed by atoms with Gasteiger partial charge in [0.25, 0.3) is 5.91 Å². The minimum atomic E-state index is -0.657. The number of aliphatic hydroxyl groups is 1. The van der Waals surface area contributed by atoms with E-state index in [0.717, 1.165) is 19.5 Å². The summed E-state index contributed by atoms with van der Waals surface area (Å²) in [5, 5.41) is 12.9. The number of amides is 1. The van der Waals surface area contributed by atoms with E-state index in [2.05, 4.69) is 51.6 Å². The van der Waals surface area contributed by atoms with Crippen molar-refractivity contribution in [3.63, 3.8) is 0 Å². The quantitative estimate of drug-likeness (QED) is 0.701. The average Bonchev–Trinajstić information content (AvgIpc) is 2.63. The van der Waals surface area contributed by atoms with Crippen molar-refractivity contribution < 1.29 is 9.90 Å². The van der Waals surface area contributed by atoms with E-state index < -0.39 is 12.0 Å². The Morgan fingerprint density at radius 3 is 2.80 bits per heavy atom. The summed E-state index contributed by atoms with van der Waals surface area (Å²) in [5.41, 5.74) is 2.79. The number of nitrogens with zero attached hydrogens (tertiary/aromatic N) is 3. The number of carbonyl (C=O) groups excluding carboxylic acids is 1. The average molecular weight is 340 g/mol. The number of hydrogen-bond acceptors (Lipinski definition) is 5. The largest absolute Gasteiger partial charge is 0.390 e. The number of nitrogens with one attached hydrogen (secondary N) is 1. The Kier molecular flexibility index (Phi) is 7.25. The van der Waals surface area contributed by atoms with Crippen molar-refractivity contribution in [2.45, 2.75) is 19.1 Å². The van der Waals surface area contributed by atoms with Crippen molar-refractivity contribution in [1.82, 2.24) is 10.2 Å². The van der Waals surface area contributed by atoms with E-state index in [0.29, 0.717) is 6.54 Å². The van der Waals surface area contributed by atoms with Gasteiger partial charge in [-0.2, -0.15) is 0 Å². The molecule has 0 unspecified atom stereocenters. The van der Waals surface area contributed by atoms with E-state index >= 15 is 0 Å². The predicted octanol–water partition coefficient (Wildman–Crippen LogP) is 1.32. The molecule has 2 rings (SSSR count). The Labute approximate surface area is 148 Å². The number of aliphatic imine (C=N–C) groups is 2. The highest BCUT2D eigenvalue weighted by Crippen LogP contribution is 2.18. The Balaban J connectivity index is 1.82. The molecule has 0 saturated heterocycles. The van der Waals surface area contributed by atoms with Gasteiger partial charge in [-0.15, -0.1) is 0 Å². The molecular weight excluding hydrogens is 316 g/mol. The van der Waals surface area contributed by atoms with E-state index in [4.69, 9.17) is 0 Å². The molecule has 0 fully saturated rings. The molecule has 1 aliphatic rings. The molecule has 0 aliphatic carbocycles. The van der Waals surface area contributed by atoms with E-state index in [9.17, 15) is 9.90 Å². The topological polar surface area (TPSA) is 77.3 Å². The maximum atomic E-state index is 12.1. The van der Waals surface area contributed by atoms with Crippen LogP contribution in [0.2, 0.25) is 0 Å². The molecule has 1 amide bonds. The molecule has 0 radical (unpaired) electrons. The van der Waals surface area contributed by atoms with Crippen LogP contribution < -0.4 is 5.32 Å². The van der Waals surface area contributed by atoms with Gasteiger partial charge in [-0.1, -0.05) is 37.4 Å². The van der Waals surface area contributed by atoms with Crippen LogP contribution in [0, 0.1) is 0 Å². The zero-order valence-electron chi connectivity index (χ0n) is 14.3. The van der Waals surface area contributed by atoms with Crippen LogP contribution in [0.4, 0.5) is 0 Å². The van der Waals surface area contributed by atoms with E-state index in [-0.39, 0.29) is 12.3 Å². The summed E-state index contributed by atoms with van der Waals surface area (Å²) in [5.74, 6) is -0.409. The van der Waals surface area contributed by atoms with Crippen LogP contribution in [0.25, 0.3) is 0 Å². The Morgan fingerprint density at radius 1 is 1.32 bits per heavy atom. The van der Waals surface area contributed by atoms with Gasteiger partial charge in [0.1, 0.15) is 5.71 Å². The molecule has 0 bridgehead atoms. The zero-order chi connectivity index (χ0) is 18.1. The standard InChI is InChI=1S/C19H24N4O2/c1-3-20-12-18(21-4-2)19(25)22-11-17(24)14-23-10-9-15-7-5-6-8-16(15)13-23/h3-8,12,17,24H,1-2,9-11,13-14H2,(H,22,25)/t17-/m0/s1. The number of benzene rings is 1. The van der Waals surface area contributed by atoms with Crippen molar-refractivity contribution >= 4 is 17.8 Å². The normalized spacial score (nSPS) is 16.3. The molecule has 0 spiro atoms. The van der Waals surface area contributed by atoms with Crippen molar-refractivity contribution in [1.29, 1.82) is 0 Å². The fraction of sp³-hybridized carbons (Fsp3) is 0.316. The second-order valence-electron chi connectivity index (χ2n) is 5.78. The van der Waals surface area contributed by atoms with Gasteiger partial charge < -0.3 is 10.4 Å². The summed E-state index contributed by atoms with van der Waals surface area (Å²) in [6, 6.07) is 8.35. The third-order valence-electron chi connectivity index (χ3n) is 3.94. The highest BCUT2D eigenvalue weighted by atomic mass is 16.3. The van der Waals surface area contributed by atoms with Gasteiger partial charge in [0.15, 0.2) is 0 Å². The SMILES string of the molecule is C=CN=CC(=NC=C)C(=O)NC[C@H](O)CN1CCc2ccccc2C1. The van der Waals surface area contributed by atoms with Gasteiger partial charge in [-0.25, -0.2) is 0 Å². The third kappa shape index (κ3) is 5.77. The first kappa shape index (κ1) is 18.8.